The Hall–Kier alpha value is -7.61. The Kier molecular flexibility index (Phi) is 20.0. The fourth-order valence-corrected chi connectivity index (χ4v) is 7.94. The summed E-state index contributed by atoms with van der Waals surface area (Å²) in [5.74, 6) is -10.6. The third-order valence-corrected chi connectivity index (χ3v) is 12.4. The number of hydrogen-bond acceptors (Lipinski definition) is 10. The van der Waals surface area contributed by atoms with Crippen LogP contribution in [0, 0.1) is 11.8 Å². The molecule has 1 fully saturated rings. The van der Waals surface area contributed by atoms with E-state index >= 15 is 0 Å². The smallest absolute Gasteiger partial charge is 0.306 e. The average Bonchev–Trinajstić information content (AvgIpc) is 3.73. The fraction of sp³-hybridized carbons (Fsp3) is 0.431. The molecule has 1 saturated heterocycles. The zero-order valence-corrected chi connectivity index (χ0v) is 41.3. The Morgan fingerprint density at radius 3 is 2.10 bits per heavy atom. The van der Waals surface area contributed by atoms with Gasteiger partial charge in [0.1, 0.15) is 35.4 Å². The lowest BCUT2D eigenvalue weighted by atomic mass is 9.94. The fourth-order valence-electron chi connectivity index (χ4n) is 7.94. The van der Waals surface area contributed by atoms with Gasteiger partial charge in [-0.15, -0.1) is 0 Å². The number of fused-ring (bicyclic) bond motifs is 1. The van der Waals surface area contributed by atoms with Gasteiger partial charge in [-0.1, -0.05) is 92.8 Å². The maximum absolute atomic E-state index is 14.3. The van der Waals surface area contributed by atoms with Crippen molar-refractivity contribution < 1.29 is 58.1 Å². The molecule has 9 N–H and O–H groups in total. The molecule has 0 radical (unpaired) electrons. The third kappa shape index (κ3) is 15.7. The number of nitrogens with one attached hydrogen (secondary N) is 7. The second-order valence-corrected chi connectivity index (χ2v) is 18.2. The lowest BCUT2D eigenvalue weighted by Crippen LogP contribution is -2.64. The second-order valence-electron chi connectivity index (χ2n) is 18.2. The van der Waals surface area contributed by atoms with Gasteiger partial charge in [0.15, 0.2) is 0 Å². The van der Waals surface area contributed by atoms with Crippen LogP contribution in [0.1, 0.15) is 71.9 Å². The molecule has 0 spiro atoms. The van der Waals surface area contributed by atoms with E-state index in [1.807, 2.05) is 50.3 Å². The number of nitrogens with zero attached hydrogens (tertiary/aromatic N) is 1. The maximum atomic E-state index is 14.3. The summed E-state index contributed by atoms with van der Waals surface area (Å²) >= 11 is 0. The van der Waals surface area contributed by atoms with E-state index in [1.54, 1.807) is 43.6 Å². The number of allylic oxidation sites excluding steroid dienone is 2. The normalized spacial score (nSPS) is 24.9. The van der Waals surface area contributed by atoms with Crippen LogP contribution in [-0.2, 0) is 60.7 Å². The van der Waals surface area contributed by atoms with Crippen LogP contribution in [0.5, 0.6) is 0 Å². The average molecular weight is 983 g/mol. The minimum absolute atomic E-state index is 0.110. The van der Waals surface area contributed by atoms with Crippen LogP contribution < -0.4 is 31.9 Å². The molecule has 4 rings (SSSR count). The number of amides is 7. The third-order valence-electron chi connectivity index (χ3n) is 12.4. The van der Waals surface area contributed by atoms with E-state index in [4.69, 9.17) is 4.74 Å². The molecule has 1 aliphatic heterocycles. The number of aromatic amines is 1. The van der Waals surface area contributed by atoms with Crippen molar-refractivity contribution in [2.24, 2.45) is 11.8 Å². The van der Waals surface area contributed by atoms with E-state index in [1.165, 1.54) is 33.9 Å². The van der Waals surface area contributed by atoms with E-state index in [0.717, 1.165) is 23.0 Å². The van der Waals surface area contributed by atoms with Gasteiger partial charge in [0, 0.05) is 50.0 Å². The van der Waals surface area contributed by atoms with Crippen LogP contribution in [0.15, 0.2) is 96.9 Å². The number of carbonyl (C=O) groups is 9. The number of aromatic nitrogens is 1. The highest BCUT2D eigenvalue weighted by Gasteiger charge is 2.41. The number of ether oxygens (including phenoxy) is 1. The Bertz CT molecular complexity index is 2540. The number of carbonyl (C=O) groups excluding carboxylic acids is 7. The highest BCUT2D eigenvalue weighted by molar-refractivity contribution is 6.02. The topological polar surface area (TPSA) is 295 Å². The summed E-state index contributed by atoms with van der Waals surface area (Å²) in [4.78, 5) is 126. The van der Waals surface area contributed by atoms with Crippen molar-refractivity contribution in [2.75, 3.05) is 14.2 Å². The van der Waals surface area contributed by atoms with Gasteiger partial charge in [-0.2, -0.15) is 0 Å². The maximum Gasteiger partial charge on any atom is 0.306 e. The van der Waals surface area contributed by atoms with E-state index in [0.29, 0.717) is 22.9 Å². The molecule has 1 aromatic heterocycles. The number of rotatable bonds is 14. The molecule has 0 saturated carbocycles. The van der Waals surface area contributed by atoms with Gasteiger partial charge in [-0.05, 0) is 57.7 Å². The first-order valence-corrected chi connectivity index (χ1v) is 23.2. The van der Waals surface area contributed by atoms with Crippen molar-refractivity contribution in [1.29, 1.82) is 0 Å². The zero-order valence-electron chi connectivity index (χ0n) is 41.3. The van der Waals surface area contributed by atoms with E-state index in [2.05, 4.69) is 43.5 Å². The van der Waals surface area contributed by atoms with Gasteiger partial charge in [0.05, 0.1) is 24.5 Å². The molecule has 71 heavy (non-hydrogen) atoms. The number of benzene rings is 2. The molecule has 20 heteroatoms. The van der Waals surface area contributed by atoms with Crippen LogP contribution in [0.3, 0.4) is 0 Å². The monoisotopic (exact) mass is 982 g/mol. The predicted octanol–water partition coefficient (Wildman–Crippen LogP) is 2.41. The Balaban J connectivity index is 1.77. The van der Waals surface area contributed by atoms with Crippen molar-refractivity contribution in [3.8, 4) is 0 Å². The number of carboxylic acids is 2. The quantitative estimate of drug-likeness (QED) is 0.0832. The predicted molar refractivity (Wildman–Crippen MR) is 263 cm³/mol. The van der Waals surface area contributed by atoms with Crippen molar-refractivity contribution >= 4 is 64.2 Å². The van der Waals surface area contributed by atoms with Gasteiger partial charge in [0.25, 0.3) is 5.91 Å². The Labute approximate surface area is 412 Å². The molecule has 0 bridgehead atoms. The van der Waals surface area contributed by atoms with Crippen molar-refractivity contribution in [2.45, 2.75) is 115 Å². The van der Waals surface area contributed by atoms with Gasteiger partial charge in [-0.25, -0.2) is 0 Å². The molecule has 1 unspecified atom stereocenters. The highest BCUT2D eigenvalue weighted by Crippen LogP contribution is 2.22. The van der Waals surface area contributed by atoms with Crippen molar-refractivity contribution in [3.05, 3.63) is 108 Å². The number of likely N-dealkylation sites (N-methyl/N-ethyl adjacent to an activating group) is 1. The zero-order chi connectivity index (χ0) is 52.7. The van der Waals surface area contributed by atoms with Crippen LogP contribution in [0.4, 0.5) is 0 Å². The van der Waals surface area contributed by atoms with Crippen LogP contribution in [-0.4, -0.2) is 129 Å². The Morgan fingerprint density at radius 1 is 0.831 bits per heavy atom. The first-order valence-electron chi connectivity index (χ1n) is 23.2. The van der Waals surface area contributed by atoms with Gasteiger partial charge in [0.2, 0.25) is 35.4 Å². The summed E-state index contributed by atoms with van der Waals surface area (Å²) < 4.78 is 5.81. The molecular formula is C51H66N8O12. The second kappa shape index (κ2) is 25.3. The lowest BCUT2D eigenvalue weighted by Gasteiger charge is -2.32. The molecular weight excluding hydrogens is 917 g/mol. The highest BCUT2D eigenvalue weighted by atomic mass is 16.5. The molecule has 9 atom stereocenters. The number of aliphatic carboxylic acids is 2. The van der Waals surface area contributed by atoms with Crippen molar-refractivity contribution in [3.63, 3.8) is 0 Å². The number of methoxy groups -OCH3 is 1. The molecule has 382 valence electrons. The molecule has 2 heterocycles. The number of H-pyrrole nitrogens is 1. The molecule has 7 amide bonds. The number of hydrogen-bond donors (Lipinski definition) is 9. The number of para-hydroxylation sites is 1. The summed E-state index contributed by atoms with van der Waals surface area (Å²) in [6.07, 6.45) is 5.06. The van der Waals surface area contributed by atoms with E-state index in [-0.39, 0.29) is 18.4 Å². The van der Waals surface area contributed by atoms with Crippen molar-refractivity contribution in [1.82, 2.24) is 41.8 Å². The standard InChI is InChI=1S/C51H66N8O12/c1-28(23-29(2)41(71-9)24-34-15-11-10-12-16-34)19-20-37-30(3)44(64)56-39(21-22-42(60)61)49(69)59(8)33(6)47(67)53-31(4)45(65)57-40(25-35-27-52-38-18-14-13-17-36(35)38)48(68)58-51(7,26-43(62)63)50(70)54-32(5)46(66)55-37/h10-20,23,27,29-32,37,39-41,52H,6,21-22,24-26H2,1-5,7-9H3,(H,53,67)(H,54,70)(H,55,66)(H,56,64)(H,57,65)(H,58,68)(H,60,61)(H,62,63)/b20-19+,28-23+/t29-,30-,31-,32-,37?,39+,40-,41-,51+/m0/s1. The number of carboxylic acid groups (broad SMARTS) is 2. The molecule has 0 aliphatic carbocycles. The SMILES string of the molecule is C=C1C(=O)N[C@@H](C)C(=O)N[C@@H](Cc2c[nH]c3ccccc23)C(=O)N[C@](C)(CC(=O)O)C(=O)N[C@@H](C)C(=O)NC(/C=C/C(C)=C/[C@H](C)[C@H](Cc2ccccc2)OC)[C@H](C)C(=O)N[C@H](CCC(=O)O)C(=O)N1C. The summed E-state index contributed by atoms with van der Waals surface area (Å²) in [5.41, 5.74) is 0.358. The first-order chi connectivity index (χ1) is 33.4. The van der Waals surface area contributed by atoms with Crippen LogP contribution >= 0.6 is 0 Å². The lowest BCUT2D eigenvalue weighted by molar-refractivity contribution is -0.145. The summed E-state index contributed by atoms with van der Waals surface area (Å²) in [6, 6.07) is 9.94. The summed E-state index contributed by atoms with van der Waals surface area (Å²) in [6.45, 7) is 12.7. The minimum atomic E-state index is -2.22. The van der Waals surface area contributed by atoms with Gasteiger partial charge >= 0.3 is 11.9 Å². The van der Waals surface area contributed by atoms with E-state index in [9.17, 15) is 53.4 Å². The summed E-state index contributed by atoms with van der Waals surface area (Å²) in [7, 11) is 2.79. The van der Waals surface area contributed by atoms with Gasteiger partial charge < -0.3 is 56.7 Å². The first kappa shape index (κ1) is 56.0. The largest absolute Gasteiger partial charge is 0.481 e. The van der Waals surface area contributed by atoms with E-state index < -0.39 is 120 Å². The molecule has 3 aromatic rings. The van der Waals surface area contributed by atoms with Gasteiger partial charge in [-0.3, -0.25) is 43.2 Å². The Morgan fingerprint density at radius 2 is 1.45 bits per heavy atom. The minimum Gasteiger partial charge on any atom is -0.481 e. The van der Waals surface area contributed by atoms with Crippen LogP contribution in [0.2, 0.25) is 0 Å². The molecule has 1 aliphatic rings. The summed E-state index contributed by atoms with van der Waals surface area (Å²) in [5, 5.41) is 35.5. The molecule has 20 nitrogen and oxygen atoms in total. The van der Waals surface area contributed by atoms with Crippen LogP contribution in [0.25, 0.3) is 10.9 Å². The molecule has 2 aromatic carbocycles.